The summed E-state index contributed by atoms with van der Waals surface area (Å²) in [5.74, 6) is 0. The largest absolute Gasteiger partial charge is 0.275 e. The predicted molar refractivity (Wildman–Crippen MR) is 55.4 cm³/mol. The van der Waals surface area contributed by atoms with Crippen LogP contribution in [0.25, 0.3) is 0 Å². The molecule has 0 aromatic heterocycles. The van der Waals surface area contributed by atoms with Crippen LogP contribution < -0.4 is 0 Å². The fourth-order valence-corrected chi connectivity index (χ4v) is 1.56. The fraction of sp³-hybridized carbons (Fsp3) is 0.250. The van der Waals surface area contributed by atoms with Gasteiger partial charge in [0.15, 0.2) is 0 Å². The number of hydrogen-bond donors (Lipinski definition) is 0. The fourth-order valence-electron chi connectivity index (χ4n) is 1.01. The van der Waals surface area contributed by atoms with E-state index in [0.29, 0.717) is 10.6 Å². The summed E-state index contributed by atoms with van der Waals surface area (Å²) < 4.78 is 0. The van der Waals surface area contributed by atoms with Crippen LogP contribution in [0.3, 0.4) is 0 Å². The third-order valence-corrected chi connectivity index (χ3v) is 2.35. The summed E-state index contributed by atoms with van der Waals surface area (Å²) >= 11 is 8.92. The van der Waals surface area contributed by atoms with Crippen molar-refractivity contribution in [2.24, 2.45) is 0 Å². The molecule has 0 aliphatic heterocycles. The first kappa shape index (κ1) is 10.5. The number of rotatable bonds is 2. The van der Waals surface area contributed by atoms with Gasteiger partial charge in [-0.25, -0.2) is 0 Å². The van der Waals surface area contributed by atoms with Gasteiger partial charge >= 0.3 is 0 Å². The molecule has 0 saturated heterocycles. The van der Waals surface area contributed by atoms with Crippen LogP contribution in [0.2, 0.25) is 5.02 Å². The van der Waals surface area contributed by atoms with E-state index in [0.717, 1.165) is 0 Å². The number of nitro benzene ring substituents is 1. The van der Waals surface area contributed by atoms with Gasteiger partial charge in [0, 0.05) is 21.5 Å². The summed E-state index contributed by atoms with van der Waals surface area (Å²) in [6, 6.07) is 4.65. The van der Waals surface area contributed by atoms with Gasteiger partial charge in [-0.15, -0.1) is 0 Å². The topological polar surface area (TPSA) is 43.1 Å². The van der Waals surface area contributed by atoms with E-state index in [1.807, 2.05) is 6.92 Å². The molecule has 1 rings (SSSR count). The van der Waals surface area contributed by atoms with Crippen molar-refractivity contribution in [3.05, 3.63) is 38.9 Å². The predicted octanol–water partition coefficient (Wildman–Crippen LogP) is 3.70. The molecular formula is C8H7BrClNO2. The first-order chi connectivity index (χ1) is 6.02. The van der Waals surface area contributed by atoms with Crippen molar-refractivity contribution in [2.75, 3.05) is 0 Å². The maximum absolute atomic E-state index is 10.6. The van der Waals surface area contributed by atoms with E-state index in [9.17, 15) is 10.1 Å². The first-order valence-corrected chi connectivity index (χ1v) is 4.89. The van der Waals surface area contributed by atoms with Gasteiger partial charge < -0.3 is 0 Å². The molecule has 1 aromatic rings. The maximum Gasteiger partial charge on any atom is 0.275 e. The molecule has 0 fully saturated rings. The lowest BCUT2D eigenvalue weighted by Crippen LogP contribution is -1.95. The molecule has 1 atom stereocenters. The minimum absolute atomic E-state index is 0.0508. The van der Waals surface area contributed by atoms with Crippen LogP contribution >= 0.6 is 27.5 Å². The van der Waals surface area contributed by atoms with Crippen molar-refractivity contribution in [2.45, 2.75) is 11.8 Å². The monoisotopic (exact) mass is 263 g/mol. The first-order valence-electron chi connectivity index (χ1n) is 3.60. The van der Waals surface area contributed by atoms with Crippen LogP contribution in [0, 0.1) is 10.1 Å². The van der Waals surface area contributed by atoms with Crippen molar-refractivity contribution < 1.29 is 4.92 Å². The van der Waals surface area contributed by atoms with E-state index in [-0.39, 0.29) is 10.5 Å². The van der Waals surface area contributed by atoms with Gasteiger partial charge in [-0.05, 0) is 19.1 Å². The quantitative estimate of drug-likeness (QED) is 0.464. The van der Waals surface area contributed by atoms with Gasteiger partial charge in [0.1, 0.15) is 0 Å². The second-order valence-electron chi connectivity index (χ2n) is 2.58. The lowest BCUT2D eigenvalue weighted by atomic mass is 10.1. The molecule has 0 bridgehead atoms. The summed E-state index contributed by atoms with van der Waals surface area (Å²) in [4.78, 5) is 10.1. The molecule has 1 aromatic carbocycles. The van der Waals surface area contributed by atoms with Crippen molar-refractivity contribution in [1.29, 1.82) is 0 Å². The number of hydrogen-bond acceptors (Lipinski definition) is 2. The third kappa shape index (κ3) is 2.42. The Kier molecular flexibility index (Phi) is 3.27. The molecule has 13 heavy (non-hydrogen) atoms. The molecule has 0 heterocycles. The van der Waals surface area contributed by atoms with E-state index in [1.54, 1.807) is 12.1 Å². The zero-order valence-electron chi connectivity index (χ0n) is 6.83. The Morgan fingerprint density at radius 2 is 2.23 bits per heavy atom. The standard InChI is InChI=1S/C8H7BrClNO2/c1-5(9)7-3-2-6(10)4-8(7)11(12)13/h2-5H,1H3. The molecule has 0 aliphatic rings. The lowest BCUT2D eigenvalue weighted by Gasteiger charge is -2.04. The Morgan fingerprint density at radius 1 is 1.62 bits per heavy atom. The molecule has 1 unspecified atom stereocenters. The zero-order chi connectivity index (χ0) is 10.0. The minimum Gasteiger partial charge on any atom is -0.258 e. The van der Waals surface area contributed by atoms with Crippen molar-refractivity contribution >= 4 is 33.2 Å². The van der Waals surface area contributed by atoms with Gasteiger partial charge in [0.25, 0.3) is 5.69 Å². The number of halogens is 2. The molecule has 70 valence electrons. The summed E-state index contributed by atoms with van der Waals surface area (Å²) in [5, 5.41) is 11.0. The SMILES string of the molecule is CC(Br)c1ccc(Cl)cc1[N+](=O)[O-]. The van der Waals surface area contributed by atoms with Gasteiger partial charge in [-0.2, -0.15) is 0 Å². The average Bonchev–Trinajstić information content (AvgIpc) is 2.03. The molecule has 0 radical (unpaired) electrons. The summed E-state index contributed by atoms with van der Waals surface area (Å²) in [6.07, 6.45) is 0. The molecule has 0 aliphatic carbocycles. The molecule has 0 N–H and O–H groups in total. The highest BCUT2D eigenvalue weighted by atomic mass is 79.9. The molecular weight excluding hydrogens is 257 g/mol. The molecule has 3 nitrogen and oxygen atoms in total. The number of alkyl halides is 1. The highest BCUT2D eigenvalue weighted by molar-refractivity contribution is 9.09. The maximum atomic E-state index is 10.6. The van der Waals surface area contributed by atoms with Crippen LogP contribution in [0.4, 0.5) is 5.69 Å². The molecule has 0 spiro atoms. The van der Waals surface area contributed by atoms with Crippen molar-refractivity contribution in [1.82, 2.24) is 0 Å². The van der Waals surface area contributed by atoms with Crippen LogP contribution in [0.1, 0.15) is 17.3 Å². The highest BCUT2D eigenvalue weighted by Crippen LogP contribution is 2.32. The van der Waals surface area contributed by atoms with Gasteiger partial charge in [0.05, 0.1) is 4.92 Å². The Balaban J connectivity index is 3.27. The van der Waals surface area contributed by atoms with Crippen molar-refractivity contribution in [3.8, 4) is 0 Å². The van der Waals surface area contributed by atoms with E-state index in [1.165, 1.54) is 6.07 Å². The number of nitrogens with zero attached hydrogens (tertiary/aromatic N) is 1. The van der Waals surface area contributed by atoms with Crippen LogP contribution in [0.5, 0.6) is 0 Å². The molecule has 0 amide bonds. The average molecular weight is 265 g/mol. The van der Waals surface area contributed by atoms with Gasteiger partial charge in [0.2, 0.25) is 0 Å². The second kappa shape index (κ2) is 4.07. The summed E-state index contributed by atoms with van der Waals surface area (Å²) in [7, 11) is 0. The zero-order valence-corrected chi connectivity index (χ0v) is 9.17. The summed E-state index contributed by atoms with van der Waals surface area (Å²) in [5.41, 5.74) is 0.686. The van der Waals surface area contributed by atoms with Gasteiger partial charge in [-0.1, -0.05) is 27.5 Å². The van der Waals surface area contributed by atoms with E-state index >= 15 is 0 Å². The van der Waals surface area contributed by atoms with Crippen LogP contribution in [-0.4, -0.2) is 4.92 Å². The van der Waals surface area contributed by atoms with Crippen molar-refractivity contribution in [3.63, 3.8) is 0 Å². The van der Waals surface area contributed by atoms with Gasteiger partial charge in [-0.3, -0.25) is 10.1 Å². The highest BCUT2D eigenvalue weighted by Gasteiger charge is 2.17. The number of nitro groups is 1. The Morgan fingerprint density at radius 3 is 2.69 bits per heavy atom. The Bertz CT molecular complexity index is 341. The van der Waals surface area contributed by atoms with Crippen LogP contribution in [-0.2, 0) is 0 Å². The normalized spacial score (nSPS) is 12.5. The van der Waals surface area contributed by atoms with E-state index in [2.05, 4.69) is 15.9 Å². The smallest absolute Gasteiger partial charge is 0.258 e. The van der Waals surface area contributed by atoms with E-state index in [4.69, 9.17) is 11.6 Å². The third-order valence-electron chi connectivity index (χ3n) is 1.62. The van der Waals surface area contributed by atoms with Crippen LogP contribution in [0.15, 0.2) is 18.2 Å². The number of benzene rings is 1. The summed E-state index contributed by atoms with van der Waals surface area (Å²) in [6.45, 7) is 1.83. The van der Waals surface area contributed by atoms with E-state index < -0.39 is 4.92 Å². The Labute approximate surface area is 89.0 Å². The molecule has 0 saturated carbocycles. The second-order valence-corrected chi connectivity index (χ2v) is 4.39. The minimum atomic E-state index is -0.432. The molecule has 5 heteroatoms. The lowest BCUT2D eigenvalue weighted by molar-refractivity contribution is -0.385. The Hall–Kier alpha value is -0.610.